The molecule has 2 rings (SSSR count). The number of hydrogen-bond donors (Lipinski definition) is 1. The zero-order valence-corrected chi connectivity index (χ0v) is 12.0. The Labute approximate surface area is 122 Å². The quantitative estimate of drug-likeness (QED) is 0.871. The first-order chi connectivity index (χ1) is 9.04. The van der Waals surface area contributed by atoms with E-state index in [2.05, 4.69) is 26.2 Å². The second-order valence-corrected chi connectivity index (χ2v) is 5.04. The van der Waals surface area contributed by atoms with E-state index in [-0.39, 0.29) is 23.2 Å². The molecule has 1 amide bonds. The lowest BCUT2D eigenvalue weighted by molar-refractivity contribution is -0.116. The van der Waals surface area contributed by atoms with Crippen molar-refractivity contribution in [1.29, 1.82) is 0 Å². The maximum absolute atomic E-state index is 11.8. The number of carbonyl (C=O) groups is 1. The molecular weight excluding hydrogens is 334 g/mol. The number of aromatic nitrogens is 2. The van der Waals surface area contributed by atoms with Gasteiger partial charge in [-0.2, -0.15) is 0 Å². The molecule has 2 aromatic rings. The summed E-state index contributed by atoms with van der Waals surface area (Å²) in [5.74, 6) is -0.315. The Morgan fingerprint density at radius 2 is 2.21 bits per heavy atom. The number of nitrogens with zero attached hydrogens (tertiary/aromatic N) is 2. The van der Waals surface area contributed by atoms with Gasteiger partial charge in [0.05, 0.1) is 6.33 Å². The third-order valence-electron chi connectivity index (χ3n) is 2.27. The minimum absolute atomic E-state index is 0.105. The summed E-state index contributed by atoms with van der Waals surface area (Å²) in [6.45, 7) is -0.116. The van der Waals surface area contributed by atoms with Crippen LogP contribution in [0.3, 0.4) is 0 Å². The maximum Gasteiger partial charge on any atom is 0.255 e. The molecule has 0 aliphatic carbocycles. The fourth-order valence-electron chi connectivity index (χ4n) is 1.44. The van der Waals surface area contributed by atoms with Gasteiger partial charge in [0, 0.05) is 16.2 Å². The second-order valence-electron chi connectivity index (χ2n) is 3.74. The molecular formula is C12H9BrClN3O2. The van der Waals surface area contributed by atoms with Crippen LogP contribution >= 0.6 is 27.5 Å². The second kappa shape index (κ2) is 5.99. The van der Waals surface area contributed by atoms with Crippen molar-refractivity contribution in [2.45, 2.75) is 6.54 Å². The van der Waals surface area contributed by atoms with Crippen molar-refractivity contribution in [1.82, 2.24) is 9.55 Å². The minimum Gasteiger partial charge on any atom is -0.324 e. The van der Waals surface area contributed by atoms with E-state index in [0.717, 1.165) is 10.5 Å². The highest BCUT2D eigenvalue weighted by molar-refractivity contribution is 9.10. The fraction of sp³-hybridized carbons (Fsp3) is 0.0833. The Kier molecular flexibility index (Phi) is 4.34. The van der Waals surface area contributed by atoms with Gasteiger partial charge in [-0.25, -0.2) is 4.98 Å². The van der Waals surface area contributed by atoms with Crippen molar-refractivity contribution in [3.05, 3.63) is 56.6 Å². The van der Waals surface area contributed by atoms with Crippen molar-refractivity contribution in [3.8, 4) is 0 Å². The minimum atomic E-state index is -0.371. The van der Waals surface area contributed by atoms with E-state index in [4.69, 9.17) is 11.6 Å². The number of amides is 1. The average Bonchev–Trinajstić information content (AvgIpc) is 2.33. The van der Waals surface area contributed by atoms with Gasteiger partial charge in [-0.15, -0.1) is 0 Å². The van der Waals surface area contributed by atoms with Gasteiger partial charge < -0.3 is 5.32 Å². The number of nitrogens with one attached hydrogen (secondary N) is 1. The van der Waals surface area contributed by atoms with Gasteiger partial charge >= 0.3 is 0 Å². The number of rotatable bonds is 3. The summed E-state index contributed by atoms with van der Waals surface area (Å²) in [4.78, 5) is 27.1. The van der Waals surface area contributed by atoms with Crippen LogP contribution in [0.15, 0.2) is 45.9 Å². The molecule has 0 atom stereocenters. The maximum atomic E-state index is 11.8. The number of halogens is 2. The number of carbonyl (C=O) groups excluding carboxylic acids is 1. The predicted octanol–water partition coefficient (Wildman–Crippen LogP) is 2.30. The lowest BCUT2D eigenvalue weighted by atomic mass is 10.3. The van der Waals surface area contributed by atoms with Crippen molar-refractivity contribution < 1.29 is 4.79 Å². The third kappa shape index (κ3) is 3.90. The molecule has 98 valence electrons. The van der Waals surface area contributed by atoms with Crippen LogP contribution < -0.4 is 10.9 Å². The highest BCUT2D eigenvalue weighted by Crippen LogP contribution is 2.15. The van der Waals surface area contributed by atoms with E-state index in [9.17, 15) is 9.59 Å². The van der Waals surface area contributed by atoms with Gasteiger partial charge in [0.1, 0.15) is 11.7 Å². The summed E-state index contributed by atoms with van der Waals surface area (Å²) < 4.78 is 2.04. The van der Waals surface area contributed by atoms with Crippen molar-refractivity contribution in [2.24, 2.45) is 0 Å². The van der Waals surface area contributed by atoms with Gasteiger partial charge in [-0.1, -0.05) is 33.6 Å². The predicted molar refractivity (Wildman–Crippen MR) is 76.3 cm³/mol. The molecule has 19 heavy (non-hydrogen) atoms. The summed E-state index contributed by atoms with van der Waals surface area (Å²) in [5, 5.41) is 2.79. The monoisotopic (exact) mass is 341 g/mol. The molecule has 0 saturated heterocycles. The van der Waals surface area contributed by atoms with Crippen LogP contribution in [-0.4, -0.2) is 15.5 Å². The molecule has 0 aliphatic heterocycles. The first kappa shape index (κ1) is 13.8. The lowest BCUT2D eigenvalue weighted by Gasteiger charge is -2.07. The molecule has 0 spiro atoms. The molecule has 1 heterocycles. The fourth-order valence-corrected chi connectivity index (χ4v) is 1.98. The van der Waals surface area contributed by atoms with Crippen LogP contribution in [0.4, 0.5) is 5.69 Å². The molecule has 0 saturated carbocycles. The van der Waals surface area contributed by atoms with Crippen LogP contribution in [0.5, 0.6) is 0 Å². The molecule has 0 bridgehead atoms. The first-order valence-electron chi connectivity index (χ1n) is 5.32. The molecule has 7 heteroatoms. The largest absolute Gasteiger partial charge is 0.324 e. The smallest absolute Gasteiger partial charge is 0.255 e. The zero-order chi connectivity index (χ0) is 13.8. The molecule has 0 fully saturated rings. The number of anilines is 1. The van der Waals surface area contributed by atoms with E-state index in [0.29, 0.717) is 5.69 Å². The Morgan fingerprint density at radius 1 is 1.42 bits per heavy atom. The van der Waals surface area contributed by atoms with E-state index < -0.39 is 0 Å². The van der Waals surface area contributed by atoms with E-state index in [1.54, 1.807) is 18.2 Å². The molecule has 1 N–H and O–H groups in total. The standard InChI is InChI=1S/C12H9BrClN3O2/c13-8-2-1-3-9(4-8)16-11(18)6-17-7-15-10(14)5-12(17)19/h1-5,7H,6H2,(H,16,18). The highest BCUT2D eigenvalue weighted by atomic mass is 79.9. The normalized spacial score (nSPS) is 10.2. The van der Waals surface area contributed by atoms with E-state index in [1.165, 1.54) is 10.9 Å². The van der Waals surface area contributed by atoms with Gasteiger partial charge in [-0.05, 0) is 18.2 Å². The zero-order valence-electron chi connectivity index (χ0n) is 9.64. The van der Waals surface area contributed by atoms with Crippen molar-refractivity contribution in [2.75, 3.05) is 5.32 Å². The van der Waals surface area contributed by atoms with Crippen LogP contribution in [0.1, 0.15) is 0 Å². The van der Waals surface area contributed by atoms with E-state index >= 15 is 0 Å². The Bertz CT molecular complexity index is 672. The van der Waals surface area contributed by atoms with E-state index in [1.807, 2.05) is 6.07 Å². The topological polar surface area (TPSA) is 64.0 Å². The summed E-state index contributed by atoms with van der Waals surface area (Å²) in [5.41, 5.74) is 0.277. The highest BCUT2D eigenvalue weighted by Gasteiger charge is 2.06. The molecule has 5 nitrogen and oxygen atoms in total. The van der Waals surface area contributed by atoms with Crippen LogP contribution in [0.25, 0.3) is 0 Å². The van der Waals surface area contributed by atoms with Gasteiger partial charge in [0.15, 0.2) is 0 Å². The lowest BCUT2D eigenvalue weighted by Crippen LogP contribution is -2.27. The summed E-state index contributed by atoms with van der Waals surface area (Å²) in [6.07, 6.45) is 1.24. The third-order valence-corrected chi connectivity index (χ3v) is 2.97. The van der Waals surface area contributed by atoms with Crippen molar-refractivity contribution >= 4 is 39.1 Å². The first-order valence-corrected chi connectivity index (χ1v) is 6.49. The van der Waals surface area contributed by atoms with Gasteiger partial charge in [-0.3, -0.25) is 14.2 Å². The van der Waals surface area contributed by atoms with Crippen LogP contribution in [0, 0.1) is 0 Å². The molecule has 0 unspecified atom stereocenters. The SMILES string of the molecule is O=C(Cn1cnc(Cl)cc1=O)Nc1cccc(Br)c1. The summed E-state index contributed by atoms with van der Waals surface area (Å²) in [7, 11) is 0. The summed E-state index contributed by atoms with van der Waals surface area (Å²) >= 11 is 8.88. The average molecular weight is 343 g/mol. The van der Waals surface area contributed by atoms with Gasteiger partial charge in [0.2, 0.25) is 5.91 Å². The summed E-state index contributed by atoms with van der Waals surface area (Å²) in [6, 6.07) is 8.33. The van der Waals surface area contributed by atoms with Crippen molar-refractivity contribution in [3.63, 3.8) is 0 Å². The Balaban J connectivity index is 2.07. The van der Waals surface area contributed by atoms with Gasteiger partial charge in [0.25, 0.3) is 5.56 Å². The van der Waals surface area contributed by atoms with Crippen LogP contribution in [0.2, 0.25) is 5.15 Å². The number of hydrogen-bond acceptors (Lipinski definition) is 3. The Morgan fingerprint density at radius 3 is 2.89 bits per heavy atom. The molecule has 1 aromatic carbocycles. The Hall–Kier alpha value is -1.66. The number of benzene rings is 1. The van der Waals surface area contributed by atoms with Crippen LogP contribution in [-0.2, 0) is 11.3 Å². The molecule has 1 aromatic heterocycles. The molecule has 0 aliphatic rings. The molecule has 0 radical (unpaired) electrons.